The number of rotatable bonds is 5. The average molecular weight is 386 g/mol. The van der Waals surface area contributed by atoms with E-state index in [1.807, 2.05) is 54.6 Å². The van der Waals surface area contributed by atoms with Crippen molar-refractivity contribution in [2.24, 2.45) is 0 Å². The van der Waals surface area contributed by atoms with Gasteiger partial charge in [-0.3, -0.25) is 0 Å². The van der Waals surface area contributed by atoms with Gasteiger partial charge in [0, 0.05) is 22.1 Å². The van der Waals surface area contributed by atoms with Gasteiger partial charge in [0.2, 0.25) is 0 Å². The van der Waals surface area contributed by atoms with Crippen molar-refractivity contribution >= 4 is 28.7 Å². The molecule has 0 aromatic heterocycles. The molecule has 0 spiro atoms. The summed E-state index contributed by atoms with van der Waals surface area (Å²) in [6.07, 6.45) is 0. The van der Waals surface area contributed by atoms with Crippen LogP contribution in [0.1, 0.15) is 0 Å². The number of nitrogens with zero attached hydrogens (tertiary/aromatic N) is 1. The van der Waals surface area contributed by atoms with Gasteiger partial charge in [0.15, 0.2) is 0 Å². The Morgan fingerprint density at radius 2 is 1.04 bits per heavy atom. The first-order valence-electron chi connectivity index (χ1n) is 9.10. The van der Waals surface area contributed by atoms with Gasteiger partial charge in [0.25, 0.3) is 0 Å². The molecule has 0 saturated carbocycles. The second-order valence-corrected chi connectivity index (χ2v) is 6.86. The van der Waals surface area contributed by atoms with Crippen LogP contribution in [0.3, 0.4) is 0 Å². The Morgan fingerprint density at radius 1 is 0.571 bits per heavy atom. The van der Waals surface area contributed by atoms with Gasteiger partial charge in [-0.25, -0.2) is 0 Å². The lowest BCUT2D eigenvalue weighted by Gasteiger charge is -2.25. The van der Waals surface area contributed by atoms with Crippen molar-refractivity contribution in [3.63, 3.8) is 0 Å². The first-order chi connectivity index (χ1) is 13.7. The highest BCUT2D eigenvalue weighted by molar-refractivity contribution is 6.30. The summed E-state index contributed by atoms with van der Waals surface area (Å²) in [5.74, 6) is 0.842. The second-order valence-electron chi connectivity index (χ2n) is 6.42. The molecule has 0 saturated heterocycles. The zero-order valence-electron chi connectivity index (χ0n) is 15.5. The highest BCUT2D eigenvalue weighted by atomic mass is 35.5. The van der Waals surface area contributed by atoms with E-state index in [0.717, 1.165) is 39.0 Å². The molecular formula is C25H20ClNO. The molecule has 0 aliphatic rings. The molecule has 0 aliphatic carbocycles. The normalized spacial score (nSPS) is 10.5. The van der Waals surface area contributed by atoms with Crippen molar-refractivity contribution in [2.75, 3.05) is 12.0 Å². The molecule has 0 atom stereocenters. The van der Waals surface area contributed by atoms with Gasteiger partial charge in [-0.1, -0.05) is 54.1 Å². The lowest BCUT2D eigenvalue weighted by molar-refractivity contribution is 0.415. The number of methoxy groups -OCH3 is 1. The van der Waals surface area contributed by atoms with E-state index in [-0.39, 0.29) is 0 Å². The molecule has 0 unspecified atom stereocenters. The Labute approximate surface area is 170 Å². The largest absolute Gasteiger partial charge is 0.497 e. The molecular weight excluding hydrogens is 366 g/mol. The highest BCUT2D eigenvalue weighted by Crippen LogP contribution is 2.36. The lowest BCUT2D eigenvalue weighted by Crippen LogP contribution is -2.09. The third kappa shape index (κ3) is 3.88. The molecule has 4 aromatic rings. The number of hydrogen-bond donors (Lipinski definition) is 0. The highest BCUT2D eigenvalue weighted by Gasteiger charge is 2.12. The van der Waals surface area contributed by atoms with Crippen molar-refractivity contribution in [3.8, 4) is 16.9 Å². The van der Waals surface area contributed by atoms with Crippen LogP contribution in [0.15, 0.2) is 103 Å². The molecule has 4 rings (SSSR count). The van der Waals surface area contributed by atoms with Crippen LogP contribution in [0.5, 0.6) is 5.75 Å². The zero-order chi connectivity index (χ0) is 19.3. The van der Waals surface area contributed by atoms with Crippen LogP contribution >= 0.6 is 11.6 Å². The van der Waals surface area contributed by atoms with Crippen molar-refractivity contribution in [1.29, 1.82) is 0 Å². The molecule has 3 heteroatoms. The first-order valence-corrected chi connectivity index (χ1v) is 9.47. The van der Waals surface area contributed by atoms with E-state index in [1.54, 1.807) is 7.11 Å². The van der Waals surface area contributed by atoms with Crippen molar-refractivity contribution < 1.29 is 4.74 Å². The van der Waals surface area contributed by atoms with Crippen LogP contribution in [0.2, 0.25) is 5.02 Å². The Kier molecular flexibility index (Phi) is 5.31. The SMILES string of the molecule is COc1ccc(N(c2ccccc2)c2ccc(-c3ccc(Cl)cc3)cc2)cc1. The summed E-state index contributed by atoms with van der Waals surface area (Å²) in [6, 6.07) is 34.9. The summed E-state index contributed by atoms with van der Waals surface area (Å²) in [4.78, 5) is 2.23. The third-order valence-corrected chi connectivity index (χ3v) is 4.90. The minimum atomic E-state index is 0.745. The van der Waals surface area contributed by atoms with Gasteiger partial charge < -0.3 is 9.64 Å². The molecule has 2 nitrogen and oxygen atoms in total. The molecule has 138 valence electrons. The van der Waals surface area contributed by atoms with Crippen LogP contribution in [-0.4, -0.2) is 7.11 Å². The molecule has 0 amide bonds. The standard InChI is InChI=1S/C25H20ClNO/c1-28-25-17-15-24(16-18-25)27(22-5-3-2-4-6-22)23-13-9-20(10-14-23)19-7-11-21(26)12-8-19/h2-18H,1H3. The number of hydrogen-bond acceptors (Lipinski definition) is 2. The van der Waals surface area contributed by atoms with Gasteiger partial charge in [-0.15, -0.1) is 0 Å². The van der Waals surface area contributed by atoms with Gasteiger partial charge in [-0.05, 0) is 71.8 Å². The Hall–Kier alpha value is -3.23. The maximum absolute atomic E-state index is 6.01. The predicted molar refractivity (Wildman–Crippen MR) is 118 cm³/mol. The molecule has 0 heterocycles. The predicted octanol–water partition coefficient (Wildman–Crippen LogP) is 7.49. The Morgan fingerprint density at radius 3 is 1.57 bits per heavy atom. The maximum Gasteiger partial charge on any atom is 0.119 e. The lowest BCUT2D eigenvalue weighted by atomic mass is 10.0. The second kappa shape index (κ2) is 8.20. The first kappa shape index (κ1) is 18.1. The molecule has 0 bridgehead atoms. The van der Waals surface area contributed by atoms with E-state index >= 15 is 0 Å². The van der Waals surface area contributed by atoms with E-state index in [9.17, 15) is 0 Å². The molecule has 0 aliphatic heterocycles. The fourth-order valence-electron chi connectivity index (χ4n) is 3.20. The third-order valence-electron chi connectivity index (χ3n) is 4.65. The number of halogens is 1. The maximum atomic E-state index is 6.01. The fourth-order valence-corrected chi connectivity index (χ4v) is 3.33. The molecule has 28 heavy (non-hydrogen) atoms. The minimum absolute atomic E-state index is 0.745. The van der Waals surface area contributed by atoms with Gasteiger partial charge >= 0.3 is 0 Å². The molecule has 0 fully saturated rings. The van der Waals surface area contributed by atoms with Gasteiger partial charge in [-0.2, -0.15) is 0 Å². The number of ether oxygens (including phenoxy) is 1. The zero-order valence-corrected chi connectivity index (χ0v) is 16.3. The molecule has 0 N–H and O–H groups in total. The van der Waals surface area contributed by atoms with E-state index in [4.69, 9.17) is 16.3 Å². The number of benzene rings is 4. The quantitative estimate of drug-likeness (QED) is 0.353. The van der Waals surface area contributed by atoms with Crippen LogP contribution in [0.4, 0.5) is 17.1 Å². The average Bonchev–Trinajstić information content (AvgIpc) is 2.76. The molecule has 4 aromatic carbocycles. The van der Waals surface area contributed by atoms with E-state index in [1.165, 1.54) is 0 Å². The van der Waals surface area contributed by atoms with Gasteiger partial charge in [0.05, 0.1) is 7.11 Å². The van der Waals surface area contributed by atoms with Crippen molar-refractivity contribution in [1.82, 2.24) is 0 Å². The van der Waals surface area contributed by atoms with E-state index < -0.39 is 0 Å². The smallest absolute Gasteiger partial charge is 0.119 e. The molecule has 0 radical (unpaired) electrons. The summed E-state index contributed by atoms with van der Waals surface area (Å²) in [7, 11) is 1.68. The van der Waals surface area contributed by atoms with Crippen LogP contribution in [0.25, 0.3) is 11.1 Å². The topological polar surface area (TPSA) is 12.5 Å². The summed E-state index contributed by atoms with van der Waals surface area (Å²) < 4.78 is 5.31. The fraction of sp³-hybridized carbons (Fsp3) is 0.0400. The Bertz CT molecular complexity index is 1030. The van der Waals surface area contributed by atoms with Crippen LogP contribution in [-0.2, 0) is 0 Å². The number of para-hydroxylation sites is 1. The number of anilines is 3. The summed E-state index contributed by atoms with van der Waals surface area (Å²) in [5.41, 5.74) is 5.57. The minimum Gasteiger partial charge on any atom is -0.497 e. The van der Waals surface area contributed by atoms with Crippen molar-refractivity contribution in [3.05, 3.63) is 108 Å². The van der Waals surface area contributed by atoms with E-state index in [0.29, 0.717) is 0 Å². The van der Waals surface area contributed by atoms with Crippen LogP contribution < -0.4 is 9.64 Å². The Balaban J connectivity index is 1.73. The monoisotopic (exact) mass is 385 g/mol. The van der Waals surface area contributed by atoms with Gasteiger partial charge in [0.1, 0.15) is 5.75 Å². The van der Waals surface area contributed by atoms with E-state index in [2.05, 4.69) is 53.4 Å². The van der Waals surface area contributed by atoms with Crippen LogP contribution in [0, 0.1) is 0 Å². The van der Waals surface area contributed by atoms with Crippen molar-refractivity contribution in [2.45, 2.75) is 0 Å². The summed E-state index contributed by atoms with van der Waals surface area (Å²) >= 11 is 6.01. The summed E-state index contributed by atoms with van der Waals surface area (Å²) in [5, 5.41) is 0.745. The summed E-state index contributed by atoms with van der Waals surface area (Å²) in [6.45, 7) is 0.